The first-order chi connectivity index (χ1) is 13.9. The quantitative estimate of drug-likeness (QED) is 0.707. The number of aromatic hydroxyl groups is 1. The van der Waals surface area contributed by atoms with Crippen molar-refractivity contribution in [1.82, 2.24) is 14.5 Å². The highest BCUT2D eigenvalue weighted by molar-refractivity contribution is 5.84. The fourth-order valence-electron chi connectivity index (χ4n) is 3.78. The third kappa shape index (κ3) is 3.15. The van der Waals surface area contributed by atoms with Gasteiger partial charge in [-0.3, -0.25) is 9.36 Å². The molecule has 1 fully saturated rings. The Balaban J connectivity index is 2.00. The van der Waals surface area contributed by atoms with E-state index in [-0.39, 0.29) is 28.8 Å². The molecule has 148 valence electrons. The Morgan fingerprint density at radius 3 is 2.55 bits per heavy atom. The second-order valence-corrected chi connectivity index (χ2v) is 7.81. The predicted molar refractivity (Wildman–Crippen MR) is 108 cm³/mol. The van der Waals surface area contributed by atoms with Crippen molar-refractivity contribution in [2.75, 3.05) is 0 Å². The van der Waals surface area contributed by atoms with Gasteiger partial charge in [-0.15, -0.1) is 0 Å². The number of fused-ring (bicyclic) bond motifs is 1. The molecule has 29 heavy (non-hydrogen) atoms. The molecular formula is C22H22N4O3. The summed E-state index contributed by atoms with van der Waals surface area (Å²) in [7, 11) is 0. The van der Waals surface area contributed by atoms with E-state index in [1.807, 2.05) is 19.9 Å². The Kier molecular flexibility index (Phi) is 4.81. The van der Waals surface area contributed by atoms with Gasteiger partial charge in [-0.05, 0) is 43.0 Å². The van der Waals surface area contributed by atoms with Gasteiger partial charge in [-0.1, -0.05) is 20.3 Å². The molecule has 7 nitrogen and oxygen atoms in total. The number of nitriles is 1. The van der Waals surface area contributed by atoms with Crippen LogP contribution >= 0.6 is 0 Å². The van der Waals surface area contributed by atoms with Gasteiger partial charge >= 0.3 is 0 Å². The van der Waals surface area contributed by atoms with Gasteiger partial charge in [-0.25, -0.2) is 9.97 Å². The van der Waals surface area contributed by atoms with Crippen LogP contribution in [0.2, 0.25) is 0 Å². The zero-order valence-electron chi connectivity index (χ0n) is 16.3. The van der Waals surface area contributed by atoms with E-state index < -0.39 is 6.10 Å². The van der Waals surface area contributed by atoms with E-state index in [0.717, 1.165) is 19.3 Å². The molecule has 0 spiro atoms. The van der Waals surface area contributed by atoms with Crippen LogP contribution in [-0.2, 0) is 0 Å². The summed E-state index contributed by atoms with van der Waals surface area (Å²) in [6.45, 7) is 3.85. The van der Waals surface area contributed by atoms with Crippen molar-refractivity contribution < 1.29 is 10.2 Å². The van der Waals surface area contributed by atoms with E-state index in [9.17, 15) is 15.0 Å². The maximum Gasteiger partial charge on any atom is 0.266 e. The molecule has 1 unspecified atom stereocenters. The van der Waals surface area contributed by atoms with E-state index >= 15 is 0 Å². The van der Waals surface area contributed by atoms with Gasteiger partial charge in [0.1, 0.15) is 23.3 Å². The lowest BCUT2D eigenvalue weighted by molar-refractivity contribution is 0.0612. The molecule has 0 radical (unpaired) electrons. The monoisotopic (exact) mass is 390 g/mol. The molecule has 1 aliphatic rings. The normalized spacial score (nSPS) is 15.3. The number of benzene rings is 1. The van der Waals surface area contributed by atoms with Crippen LogP contribution in [0.3, 0.4) is 0 Å². The molecule has 2 aromatic heterocycles. The molecule has 4 rings (SSSR count). The highest BCUT2D eigenvalue weighted by Crippen LogP contribution is 2.42. The standard InChI is InChI=1S/C22H22N4O3/c1-12(2)21-25-19-16(8-9-17(27)18(19)20(28)13-4-3-5-13)22(29)26(21)15-7-6-14(10-23)24-11-15/h6-9,11-13,20,27-28H,3-5H2,1-2H3. The van der Waals surface area contributed by atoms with Gasteiger partial charge in [0.25, 0.3) is 5.56 Å². The largest absolute Gasteiger partial charge is 0.507 e. The van der Waals surface area contributed by atoms with Crippen LogP contribution < -0.4 is 5.56 Å². The molecule has 1 aromatic carbocycles. The lowest BCUT2D eigenvalue weighted by Gasteiger charge is -2.31. The van der Waals surface area contributed by atoms with Gasteiger partial charge in [-0.2, -0.15) is 5.26 Å². The minimum atomic E-state index is -0.855. The Hall–Kier alpha value is -3.24. The highest BCUT2D eigenvalue weighted by atomic mass is 16.3. The van der Waals surface area contributed by atoms with Crippen molar-refractivity contribution in [2.24, 2.45) is 5.92 Å². The molecular weight excluding hydrogens is 368 g/mol. The van der Waals surface area contributed by atoms with E-state index in [0.29, 0.717) is 28.0 Å². The third-order valence-corrected chi connectivity index (χ3v) is 5.61. The second kappa shape index (κ2) is 7.30. The fraction of sp³-hybridized carbons (Fsp3) is 0.364. The molecule has 2 N–H and O–H groups in total. The molecule has 0 aliphatic heterocycles. The van der Waals surface area contributed by atoms with Crippen LogP contribution in [-0.4, -0.2) is 24.7 Å². The van der Waals surface area contributed by atoms with E-state index in [4.69, 9.17) is 10.2 Å². The lowest BCUT2D eigenvalue weighted by Crippen LogP contribution is -2.26. The fourth-order valence-corrected chi connectivity index (χ4v) is 3.78. The average Bonchev–Trinajstić information content (AvgIpc) is 2.66. The van der Waals surface area contributed by atoms with Crippen molar-refractivity contribution in [3.05, 3.63) is 57.9 Å². The van der Waals surface area contributed by atoms with Crippen molar-refractivity contribution >= 4 is 10.9 Å². The lowest BCUT2D eigenvalue weighted by atomic mass is 9.78. The molecule has 0 amide bonds. The third-order valence-electron chi connectivity index (χ3n) is 5.61. The zero-order valence-corrected chi connectivity index (χ0v) is 16.3. The maximum absolute atomic E-state index is 13.4. The number of aliphatic hydroxyl groups is 1. The molecule has 2 heterocycles. The Labute approximate surface area is 167 Å². The smallest absolute Gasteiger partial charge is 0.266 e. The van der Waals surface area contributed by atoms with E-state index in [2.05, 4.69) is 4.98 Å². The summed E-state index contributed by atoms with van der Waals surface area (Å²) < 4.78 is 1.48. The van der Waals surface area contributed by atoms with Gasteiger partial charge in [0, 0.05) is 11.5 Å². The highest BCUT2D eigenvalue weighted by Gasteiger charge is 2.31. The average molecular weight is 390 g/mol. The summed E-state index contributed by atoms with van der Waals surface area (Å²) in [4.78, 5) is 22.2. The van der Waals surface area contributed by atoms with Crippen LogP contribution in [0, 0.1) is 17.2 Å². The summed E-state index contributed by atoms with van der Waals surface area (Å²) in [5.41, 5.74) is 1.15. The number of aliphatic hydroxyl groups excluding tert-OH is 1. The number of pyridine rings is 1. The molecule has 7 heteroatoms. The minimum Gasteiger partial charge on any atom is -0.507 e. The first-order valence-corrected chi connectivity index (χ1v) is 9.75. The summed E-state index contributed by atoms with van der Waals surface area (Å²) >= 11 is 0. The van der Waals surface area contributed by atoms with E-state index in [1.54, 1.807) is 12.1 Å². The number of hydrogen-bond donors (Lipinski definition) is 2. The molecule has 3 aromatic rings. The van der Waals surface area contributed by atoms with Gasteiger partial charge in [0.2, 0.25) is 0 Å². The first-order valence-electron chi connectivity index (χ1n) is 9.75. The van der Waals surface area contributed by atoms with Crippen LogP contribution in [0.25, 0.3) is 16.6 Å². The predicted octanol–water partition coefficient (Wildman–Crippen LogP) is 3.31. The van der Waals surface area contributed by atoms with Crippen LogP contribution in [0.15, 0.2) is 35.3 Å². The topological polar surface area (TPSA) is 112 Å². The van der Waals surface area contributed by atoms with Crippen LogP contribution in [0.5, 0.6) is 5.75 Å². The van der Waals surface area contributed by atoms with Crippen LogP contribution in [0.1, 0.15) is 62.2 Å². The zero-order chi connectivity index (χ0) is 20.7. The maximum atomic E-state index is 13.4. The number of rotatable bonds is 4. The van der Waals surface area contributed by atoms with Gasteiger partial charge in [0.15, 0.2) is 0 Å². The Morgan fingerprint density at radius 1 is 1.24 bits per heavy atom. The summed E-state index contributed by atoms with van der Waals surface area (Å²) in [6, 6.07) is 8.16. The number of nitrogens with zero attached hydrogens (tertiary/aromatic N) is 4. The number of phenolic OH excluding ortho intramolecular Hbond substituents is 1. The molecule has 0 bridgehead atoms. The van der Waals surface area contributed by atoms with Crippen molar-refractivity contribution in [3.8, 4) is 17.5 Å². The summed E-state index contributed by atoms with van der Waals surface area (Å²) in [6.07, 6.45) is 3.46. The molecule has 0 saturated heterocycles. The van der Waals surface area contributed by atoms with Crippen molar-refractivity contribution in [3.63, 3.8) is 0 Å². The molecule has 1 saturated carbocycles. The number of hydrogen-bond acceptors (Lipinski definition) is 6. The van der Waals surface area contributed by atoms with Crippen molar-refractivity contribution in [1.29, 1.82) is 5.26 Å². The SMILES string of the molecule is CC(C)c1nc2c(C(O)C3CCC3)c(O)ccc2c(=O)n1-c1ccc(C#N)nc1. The second-order valence-electron chi connectivity index (χ2n) is 7.81. The Morgan fingerprint density at radius 2 is 2.00 bits per heavy atom. The molecule has 1 atom stereocenters. The number of aromatic nitrogens is 3. The summed E-state index contributed by atoms with van der Waals surface area (Å²) in [5, 5.41) is 30.6. The van der Waals surface area contributed by atoms with Gasteiger partial charge in [0.05, 0.1) is 28.9 Å². The van der Waals surface area contributed by atoms with Gasteiger partial charge < -0.3 is 10.2 Å². The molecule has 1 aliphatic carbocycles. The number of phenols is 1. The van der Waals surface area contributed by atoms with Crippen molar-refractivity contribution in [2.45, 2.75) is 45.1 Å². The van der Waals surface area contributed by atoms with Crippen LogP contribution in [0.4, 0.5) is 0 Å². The van der Waals surface area contributed by atoms with E-state index in [1.165, 1.54) is 22.9 Å². The minimum absolute atomic E-state index is 0.0451. The first kappa shape index (κ1) is 19.1. The summed E-state index contributed by atoms with van der Waals surface area (Å²) in [5.74, 6) is 0.428. The Bertz CT molecular complexity index is 1170.